The van der Waals surface area contributed by atoms with Crippen LogP contribution < -0.4 is 4.90 Å². The minimum atomic E-state index is -1.03. The van der Waals surface area contributed by atoms with E-state index in [2.05, 4.69) is 11.6 Å². The molecule has 0 unspecified atom stereocenters. The number of anilines is 1. The second-order valence-corrected chi connectivity index (χ2v) is 4.61. The van der Waals surface area contributed by atoms with Gasteiger partial charge < -0.3 is 10.0 Å². The van der Waals surface area contributed by atoms with E-state index in [-0.39, 0.29) is 10.0 Å². The Labute approximate surface area is 103 Å². The summed E-state index contributed by atoms with van der Waals surface area (Å²) >= 11 is 6.81. The van der Waals surface area contributed by atoms with Gasteiger partial charge in [0.05, 0.1) is 0 Å². The molecule has 0 spiro atoms. The molecule has 88 valence electrons. The minimum absolute atomic E-state index is 0.0584. The molecule has 1 aromatic heterocycles. The molecule has 0 saturated heterocycles. The van der Waals surface area contributed by atoms with E-state index in [1.165, 1.54) is 0 Å². The Bertz CT molecular complexity index is 392. The second-order valence-electron chi connectivity index (χ2n) is 3.27. The van der Waals surface area contributed by atoms with Gasteiger partial charge in [0.25, 0.3) is 0 Å². The van der Waals surface area contributed by atoms with Crippen LogP contribution >= 0.6 is 22.9 Å². The maximum absolute atomic E-state index is 10.8. The third-order valence-corrected chi connectivity index (χ3v) is 3.54. The first-order valence-corrected chi connectivity index (χ1v) is 5.97. The molecule has 16 heavy (non-hydrogen) atoms. The molecule has 0 aromatic carbocycles. The highest BCUT2D eigenvalue weighted by molar-refractivity contribution is 7.18. The topological polar surface area (TPSA) is 53.4 Å². The molecule has 6 heteroatoms. The first-order valence-electron chi connectivity index (χ1n) is 4.78. The molecular weight excluding hydrogens is 248 g/mol. The molecule has 0 aliphatic heterocycles. The number of hydrogen-bond acceptors (Lipinski definition) is 4. The van der Waals surface area contributed by atoms with E-state index < -0.39 is 5.97 Å². The lowest BCUT2D eigenvalue weighted by Gasteiger charge is -2.14. The summed E-state index contributed by atoms with van der Waals surface area (Å²) in [4.78, 5) is 16.8. The number of rotatable bonds is 6. The van der Waals surface area contributed by atoms with Crippen LogP contribution in [0.25, 0.3) is 0 Å². The van der Waals surface area contributed by atoms with Crippen LogP contribution in [0.3, 0.4) is 0 Å². The predicted octanol–water partition coefficient (Wildman–Crippen LogP) is 2.90. The Morgan fingerprint density at radius 1 is 1.75 bits per heavy atom. The van der Waals surface area contributed by atoms with Gasteiger partial charge in [0.15, 0.2) is 15.2 Å². The third-order valence-electron chi connectivity index (χ3n) is 2.00. The molecule has 0 fully saturated rings. The summed E-state index contributed by atoms with van der Waals surface area (Å²) in [5.74, 6) is -1.03. The first kappa shape index (κ1) is 13.0. The molecule has 0 aliphatic rings. The summed E-state index contributed by atoms with van der Waals surface area (Å²) in [7, 11) is 1.86. The summed E-state index contributed by atoms with van der Waals surface area (Å²) in [5, 5.41) is 9.52. The van der Waals surface area contributed by atoms with Crippen LogP contribution in [0.1, 0.15) is 22.5 Å². The molecule has 0 radical (unpaired) electrons. The largest absolute Gasteiger partial charge is 0.477 e. The average molecular weight is 261 g/mol. The normalized spacial score (nSPS) is 10.1. The SMILES string of the molecule is C=CCCCN(C)c1nc(Cl)c(C(=O)O)s1. The smallest absolute Gasteiger partial charge is 0.349 e. The Balaban J connectivity index is 2.69. The molecule has 1 aromatic rings. The molecule has 0 atom stereocenters. The first-order chi connectivity index (χ1) is 7.56. The van der Waals surface area contributed by atoms with Gasteiger partial charge in [-0.1, -0.05) is 29.0 Å². The number of hydrogen-bond donors (Lipinski definition) is 1. The van der Waals surface area contributed by atoms with E-state index in [4.69, 9.17) is 16.7 Å². The average Bonchev–Trinajstić information content (AvgIpc) is 2.60. The van der Waals surface area contributed by atoms with Crippen LogP contribution in [0.4, 0.5) is 5.13 Å². The van der Waals surface area contributed by atoms with Gasteiger partial charge in [-0.05, 0) is 12.8 Å². The van der Waals surface area contributed by atoms with Crippen LogP contribution in [-0.4, -0.2) is 29.7 Å². The molecule has 0 amide bonds. The summed E-state index contributed by atoms with van der Waals surface area (Å²) in [6.45, 7) is 4.44. The van der Waals surface area contributed by atoms with Crippen molar-refractivity contribution >= 4 is 34.0 Å². The molecule has 0 aliphatic carbocycles. The Morgan fingerprint density at radius 3 is 2.94 bits per heavy atom. The van der Waals surface area contributed by atoms with Crippen molar-refractivity contribution in [1.29, 1.82) is 0 Å². The van der Waals surface area contributed by atoms with E-state index in [0.717, 1.165) is 30.7 Å². The van der Waals surface area contributed by atoms with Gasteiger partial charge >= 0.3 is 5.97 Å². The van der Waals surface area contributed by atoms with Crippen molar-refractivity contribution in [2.45, 2.75) is 12.8 Å². The highest BCUT2D eigenvalue weighted by Crippen LogP contribution is 2.29. The summed E-state index contributed by atoms with van der Waals surface area (Å²) in [6, 6.07) is 0. The van der Waals surface area contributed by atoms with Gasteiger partial charge in [-0.25, -0.2) is 9.78 Å². The molecule has 0 saturated carbocycles. The number of aromatic nitrogens is 1. The van der Waals surface area contributed by atoms with Gasteiger partial charge in [-0.2, -0.15) is 0 Å². The Hall–Kier alpha value is -1.07. The quantitative estimate of drug-likeness (QED) is 0.631. The van der Waals surface area contributed by atoms with E-state index in [9.17, 15) is 4.79 Å². The molecule has 1 rings (SSSR count). The molecule has 0 bridgehead atoms. The van der Waals surface area contributed by atoms with Gasteiger partial charge in [0.2, 0.25) is 0 Å². The standard InChI is InChI=1S/C10H13ClN2O2S/c1-3-4-5-6-13(2)10-12-8(11)7(16-10)9(14)15/h3H,1,4-6H2,2H3,(H,14,15). The van der Waals surface area contributed by atoms with E-state index in [1.54, 1.807) is 0 Å². The van der Waals surface area contributed by atoms with Crippen LogP contribution in [0.15, 0.2) is 12.7 Å². The fourth-order valence-electron chi connectivity index (χ4n) is 1.15. The van der Waals surface area contributed by atoms with Crippen molar-refractivity contribution in [3.05, 3.63) is 22.7 Å². The highest BCUT2D eigenvalue weighted by Gasteiger charge is 2.17. The molecule has 1 heterocycles. The lowest BCUT2D eigenvalue weighted by atomic mass is 10.3. The number of allylic oxidation sites excluding steroid dienone is 1. The van der Waals surface area contributed by atoms with E-state index >= 15 is 0 Å². The van der Waals surface area contributed by atoms with Crippen molar-refractivity contribution in [2.24, 2.45) is 0 Å². The number of aromatic carboxylic acids is 1. The highest BCUT2D eigenvalue weighted by atomic mass is 35.5. The molecular formula is C10H13ClN2O2S. The van der Waals surface area contributed by atoms with Gasteiger partial charge in [0.1, 0.15) is 0 Å². The Morgan fingerprint density at radius 2 is 2.44 bits per heavy atom. The summed E-state index contributed by atoms with van der Waals surface area (Å²) in [6.07, 6.45) is 3.74. The number of nitrogens with zero attached hydrogens (tertiary/aromatic N) is 2. The number of unbranched alkanes of at least 4 members (excludes halogenated alkanes) is 1. The number of carboxylic acid groups (broad SMARTS) is 1. The monoisotopic (exact) mass is 260 g/mol. The molecule has 1 N–H and O–H groups in total. The van der Waals surface area contributed by atoms with Crippen LogP contribution in [0, 0.1) is 0 Å². The summed E-state index contributed by atoms with van der Waals surface area (Å²) in [5.41, 5.74) is 0. The lowest BCUT2D eigenvalue weighted by molar-refractivity contribution is 0.0702. The number of halogens is 1. The van der Waals surface area contributed by atoms with Crippen LogP contribution in [-0.2, 0) is 0 Å². The second kappa shape index (κ2) is 5.86. The van der Waals surface area contributed by atoms with Gasteiger partial charge in [0, 0.05) is 13.6 Å². The van der Waals surface area contributed by atoms with Gasteiger partial charge in [-0.15, -0.1) is 6.58 Å². The summed E-state index contributed by atoms with van der Waals surface area (Å²) < 4.78 is 0. The predicted molar refractivity (Wildman–Crippen MR) is 66.8 cm³/mol. The lowest BCUT2D eigenvalue weighted by Crippen LogP contribution is -2.17. The Kier molecular flexibility index (Phi) is 4.76. The maximum atomic E-state index is 10.8. The van der Waals surface area contributed by atoms with Crippen molar-refractivity contribution < 1.29 is 9.90 Å². The van der Waals surface area contributed by atoms with Crippen molar-refractivity contribution in [1.82, 2.24) is 4.98 Å². The fourth-order valence-corrected chi connectivity index (χ4v) is 2.27. The van der Waals surface area contributed by atoms with Crippen molar-refractivity contribution in [3.63, 3.8) is 0 Å². The zero-order valence-corrected chi connectivity index (χ0v) is 10.5. The number of carbonyl (C=O) groups is 1. The number of carboxylic acids is 1. The van der Waals surface area contributed by atoms with Gasteiger partial charge in [-0.3, -0.25) is 0 Å². The fraction of sp³-hybridized carbons (Fsp3) is 0.400. The van der Waals surface area contributed by atoms with Crippen LogP contribution in [0.5, 0.6) is 0 Å². The number of thiazole rings is 1. The van der Waals surface area contributed by atoms with Crippen molar-refractivity contribution in [2.75, 3.05) is 18.5 Å². The minimum Gasteiger partial charge on any atom is -0.477 e. The maximum Gasteiger partial charge on any atom is 0.349 e. The van der Waals surface area contributed by atoms with Crippen LogP contribution in [0.2, 0.25) is 5.15 Å². The zero-order valence-electron chi connectivity index (χ0n) is 8.94. The molecule has 4 nitrogen and oxygen atoms in total. The van der Waals surface area contributed by atoms with E-state index in [1.807, 2.05) is 18.0 Å². The zero-order chi connectivity index (χ0) is 12.1. The van der Waals surface area contributed by atoms with Crippen molar-refractivity contribution in [3.8, 4) is 0 Å². The third kappa shape index (κ3) is 3.21. The van der Waals surface area contributed by atoms with E-state index in [0.29, 0.717) is 5.13 Å².